The highest BCUT2D eigenvalue weighted by molar-refractivity contribution is 5.90. The number of hydrogen-bond acceptors (Lipinski definition) is 5. The standard InChI is InChI=1S/C11H9FN6/c1-6-2-9(15-5-14-6)17-11-7-3-16-18-10(7)8(12)4-13-11/h2-5H,1H3,(H,16,18)(H,13,14,15,17). The minimum absolute atomic E-state index is 0.318. The Balaban J connectivity index is 2.05. The van der Waals surface area contributed by atoms with Gasteiger partial charge in [0.05, 0.1) is 17.8 Å². The largest absolute Gasteiger partial charge is 0.324 e. The van der Waals surface area contributed by atoms with Gasteiger partial charge in [0.15, 0.2) is 5.82 Å². The molecule has 0 aliphatic rings. The minimum Gasteiger partial charge on any atom is -0.324 e. The normalized spacial score (nSPS) is 10.8. The molecule has 6 nitrogen and oxygen atoms in total. The van der Waals surface area contributed by atoms with Crippen molar-refractivity contribution in [2.45, 2.75) is 6.92 Å². The van der Waals surface area contributed by atoms with Crippen LogP contribution in [0.3, 0.4) is 0 Å². The summed E-state index contributed by atoms with van der Waals surface area (Å²) in [5.41, 5.74) is 1.15. The molecule has 0 amide bonds. The first-order valence-electron chi connectivity index (χ1n) is 5.27. The summed E-state index contributed by atoms with van der Waals surface area (Å²) in [7, 11) is 0. The first-order valence-corrected chi connectivity index (χ1v) is 5.27. The smallest absolute Gasteiger partial charge is 0.167 e. The molecule has 0 saturated heterocycles. The molecule has 0 atom stereocenters. The molecule has 0 bridgehead atoms. The second kappa shape index (κ2) is 4.02. The molecule has 90 valence electrons. The summed E-state index contributed by atoms with van der Waals surface area (Å²) >= 11 is 0. The van der Waals surface area contributed by atoms with Crippen LogP contribution in [0.2, 0.25) is 0 Å². The van der Waals surface area contributed by atoms with Gasteiger partial charge < -0.3 is 5.32 Å². The number of nitrogens with one attached hydrogen (secondary N) is 2. The van der Waals surface area contributed by atoms with E-state index < -0.39 is 5.82 Å². The third kappa shape index (κ3) is 1.75. The van der Waals surface area contributed by atoms with E-state index in [-0.39, 0.29) is 0 Å². The number of halogens is 1. The van der Waals surface area contributed by atoms with Gasteiger partial charge in [0.25, 0.3) is 0 Å². The number of rotatable bonds is 2. The van der Waals surface area contributed by atoms with E-state index in [0.29, 0.717) is 22.5 Å². The Bertz CT molecular complexity index is 708. The van der Waals surface area contributed by atoms with Gasteiger partial charge in [-0.3, -0.25) is 5.10 Å². The fourth-order valence-electron chi connectivity index (χ4n) is 1.65. The molecule has 0 aliphatic carbocycles. The number of aryl methyl sites for hydroxylation is 1. The number of H-pyrrole nitrogens is 1. The maximum atomic E-state index is 13.4. The number of aromatic amines is 1. The van der Waals surface area contributed by atoms with Crippen molar-refractivity contribution in [3.63, 3.8) is 0 Å². The number of anilines is 2. The Hall–Kier alpha value is -2.57. The van der Waals surface area contributed by atoms with Crippen LogP contribution in [-0.4, -0.2) is 25.1 Å². The number of nitrogens with zero attached hydrogens (tertiary/aromatic N) is 4. The first-order chi connectivity index (χ1) is 8.74. The Morgan fingerprint density at radius 2 is 2.11 bits per heavy atom. The molecule has 0 unspecified atom stereocenters. The zero-order valence-electron chi connectivity index (χ0n) is 9.48. The predicted molar refractivity (Wildman–Crippen MR) is 63.9 cm³/mol. The molecule has 0 radical (unpaired) electrons. The van der Waals surface area contributed by atoms with Crippen LogP contribution in [0.15, 0.2) is 24.8 Å². The van der Waals surface area contributed by atoms with Crippen LogP contribution < -0.4 is 5.32 Å². The van der Waals surface area contributed by atoms with Crippen molar-refractivity contribution in [2.24, 2.45) is 0 Å². The molecule has 3 aromatic rings. The monoisotopic (exact) mass is 244 g/mol. The molecule has 7 heteroatoms. The average Bonchev–Trinajstić information content (AvgIpc) is 2.83. The third-order valence-electron chi connectivity index (χ3n) is 2.49. The van der Waals surface area contributed by atoms with Gasteiger partial charge in [-0.15, -0.1) is 0 Å². The van der Waals surface area contributed by atoms with Gasteiger partial charge in [0.1, 0.15) is 23.5 Å². The fourth-order valence-corrected chi connectivity index (χ4v) is 1.65. The fraction of sp³-hybridized carbons (Fsp3) is 0.0909. The molecule has 3 aromatic heterocycles. The van der Waals surface area contributed by atoms with Crippen molar-refractivity contribution in [2.75, 3.05) is 5.32 Å². The second-order valence-corrected chi connectivity index (χ2v) is 3.78. The summed E-state index contributed by atoms with van der Waals surface area (Å²) in [5, 5.41) is 9.98. The Labute approximate surface area is 101 Å². The van der Waals surface area contributed by atoms with E-state index >= 15 is 0 Å². The molecule has 0 aromatic carbocycles. The molecule has 2 N–H and O–H groups in total. The van der Waals surface area contributed by atoms with E-state index in [4.69, 9.17) is 0 Å². The zero-order chi connectivity index (χ0) is 12.5. The van der Waals surface area contributed by atoms with Gasteiger partial charge in [-0.05, 0) is 6.92 Å². The van der Waals surface area contributed by atoms with Gasteiger partial charge in [0.2, 0.25) is 0 Å². The lowest BCUT2D eigenvalue weighted by Gasteiger charge is -2.05. The summed E-state index contributed by atoms with van der Waals surface area (Å²) < 4.78 is 13.4. The highest BCUT2D eigenvalue weighted by Crippen LogP contribution is 2.23. The number of aromatic nitrogens is 5. The highest BCUT2D eigenvalue weighted by atomic mass is 19.1. The van der Waals surface area contributed by atoms with E-state index in [2.05, 4.69) is 30.5 Å². The van der Waals surface area contributed by atoms with E-state index in [1.54, 1.807) is 6.07 Å². The topological polar surface area (TPSA) is 79.4 Å². The lowest BCUT2D eigenvalue weighted by atomic mass is 10.3. The average molecular weight is 244 g/mol. The number of hydrogen-bond donors (Lipinski definition) is 2. The Morgan fingerprint density at radius 3 is 2.94 bits per heavy atom. The van der Waals surface area contributed by atoms with Crippen molar-refractivity contribution in [3.8, 4) is 0 Å². The Kier molecular flexibility index (Phi) is 2.36. The SMILES string of the molecule is Cc1cc(Nc2ncc(F)c3[nH]ncc23)ncn1. The van der Waals surface area contributed by atoms with E-state index in [1.807, 2.05) is 6.92 Å². The molecule has 18 heavy (non-hydrogen) atoms. The molecule has 0 saturated carbocycles. The summed E-state index contributed by atoms with van der Waals surface area (Å²) in [6, 6.07) is 1.77. The third-order valence-corrected chi connectivity index (χ3v) is 2.49. The van der Waals surface area contributed by atoms with Gasteiger partial charge in [-0.1, -0.05) is 0 Å². The van der Waals surface area contributed by atoms with Crippen LogP contribution in [0.5, 0.6) is 0 Å². The predicted octanol–water partition coefficient (Wildman–Crippen LogP) is 1.94. The van der Waals surface area contributed by atoms with Crippen LogP contribution in [0.1, 0.15) is 5.69 Å². The lowest BCUT2D eigenvalue weighted by molar-refractivity contribution is 0.631. The highest BCUT2D eigenvalue weighted by Gasteiger charge is 2.09. The van der Waals surface area contributed by atoms with Gasteiger partial charge in [0, 0.05) is 11.8 Å². The summed E-state index contributed by atoms with van der Waals surface area (Å²) in [5.74, 6) is 0.661. The van der Waals surface area contributed by atoms with Gasteiger partial charge >= 0.3 is 0 Å². The summed E-state index contributed by atoms with van der Waals surface area (Å²) in [4.78, 5) is 12.1. The van der Waals surface area contributed by atoms with Gasteiger partial charge in [-0.25, -0.2) is 19.3 Å². The first kappa shape index (κ1) is 10.6. The summed E-state index contributed by atoms with van der Waals surface area (Å²) in [6.45, 7) is 1.86. The maximum Gasteiger partial charge on any atom is 0.167 e. The molecular weight excluding hydrogens is 235 g/mol. The minimum atomic E-state index is -0.438. The van der Waals surface area contributed by atoms with Crippen molar-refractivity contribution in [3.05, 3.63) is 36.3 Å². The van der Waals surface area contributed by atoms with Crippen molar-refractivity contribution >= 4 is 22.5 Å². The van der Waals surface area contributed by atoms with E-state index in [9.17, 15) is 4.39 Å². The molecule has 0 fully saturated rings. The van der Waals surface area contributed by atoms with Crippen LogP contribution >= 0.6 is 0 Å². The number of fused-ring (bicyclic) bond motifs is 1. The van der Waals surface area contributed by atoms with Crippen molar-refractivity contribution in [1.29, 1.82) is 0 Å². The second-order valence-electron chi connectivity index (χ2n) is 3.78. The van der Waals surface area contributed by atoms with E-state index in [1.165, 1.54) is 12.5 Å². The number of pyridine rings is 1. The summed E-state index contributed by atoms with van der Waals surface area (Å²) in [6.07, 6.45) is 4.10. The maximum absolute atomic E-state index is 13.4. The molecule has 3 rings (SSSR count). The molecular formula is C11H9FN6. The van der Waals surface area contributed by atoms with Crippen LogP contribution in [-0.2, 0) is 0 Å². The van der Waals surface area contributed by atoms with E-state index in [0.717, 1.165) is 11.9 Å². The zero-order valence-corrected chi connectivity index (χ0v) is 9.48. The molecule has 0 spiro atoms. The van der Waals surface area contributed by atoms with Crippen molar-refractivity contribution in [1.82, 2.24) is 25.1 Å². The lowest BCUT2D eigenvalue weighted by Crippen LogP contribution is -1.98. The van der Waals surface area contributed by atoms with Crippen LogP contribution in [0.4, 0.5) is 16.0 Å². The molecule has 0 aliphatic heterocycles. The Morgan fingerprint density at radius 1 is 1.22 bits per heavy atom. The van der Waals surface area contributed by atoms with Gasteiger partial charge in [-0.2, -0.15) is 5.10 Å². The molecule has 3 heterocycles. The van der Waals surface area contributed by atoms with Crippen LogP contribution in [0, 0.1) is 12.7 Å². The quantitative estimate of drug-likeness (QED) is 0.720. The van der Waals surface area contributed by atoms with Crippen LogP contribution in [0.25, 0.3) is 10.9 Å². The van der Waals surface area contributed by atoms with Crippen molar-refractivity contribution < 1.29 is 4.39 Å².